The number of carbonyl (C=O) groups excluding carboxylic acids is 1. The van der Waals surface area contributed by atoms with E-state index in [0.29, 0.717) is 24.3 Å². The van der Waals surface area contributed by atoms with Gasteiger partial charge >= 0.3 is 12.2 Å². The van der Waals surface area contributed by atoms with E-state index < -0.39 is 41.8 Å². The third kappa shape index (κ3) is 4.62. The number of nitrogens with one attached hydrogen (secondary N) is 2. The summed E-state index contributed by atoms with van der Waals surface area (Å²) in [6.45, 7) is 1.25. The number of urea groups is 1. The van der Waals surface area contributed by atoms with Gasteiger partial charge in [-0.3, -0.25) is 0 Å². The minimum Gasteiger partial charge on any atom is -0.494 e. The van der Waals surface area contributed by atoms with Crippen molar-refractivity contribution in [2.24, 2.45) is 0 Å². The average molecular weight is 483 g/mol. The predicted molar refractivity (Wildman–Crippen MR) is 116 cm³/mol. The number of carbonyl (C=O) groups is 1. The number of hydrogen-bond donors (Lipinski definition) is 4. The van der Waals surface area contributed by atoms with Gasteiger partial charge in [0.25, 0.3) is 0 Å². The molecule has 0 saturated carbocycles. The van der Waals surface area contributed by atoms with E-state index in [9.17, 15) is 32.6 Å². The van der Waals surface area contributed by atoms with E-state index in [1.165, 1.54) is 24.3 Å². The molecule has 11 heteroatoms. The quantitative estimate of drug-likeness (QED) is 0.486. The molecular formula is C23H25F4N3O4. The Bertz CT molecular complexity index is 1070. The maximum absolute atomic E-state index is 14.1. The molecule has 0 spiro atoms. The second kappa shape index (κ2) is 9.30. The predicted octanol–water partition coefficient (Wildman–Crippen LogP) is 3.81. The summed E-state index contributed by atoms with van der Waals surface area (Å²) in [4.78, 5) is 14.6. The van der Waals surface area contributed by atoms with Crippen LogP contribution >= 0.6 is 0 Å². The maximum atomic E-state index is 14.1. The lowest BCUT2D eigenvalue weighted by atomic mass is 10.0. The summed E-state index contributed by atoms with van der Waals surface area (Å²) >= 11 is 0. The van der Waals surface area contributed by atoms with E-state index in [4.69, 9.17) is 4.74 Å². The van der Waals surface area contributed by atoms with Gasteiger partial charge in [0, 0.05) is 29.9 Å². The topological polar surface area (TPSA) is 94.1 Å². The van der Waals surface area contributed by atoms with Gasteiger partial charge in [-0.25, -0.2) is 9.18 Å². The van der Waals surface area contributed by atoms with Gasteiger partial charge in [0.2, 0.25) is 0 Å². The molecule has 2 aromatic carbocycles. The van der Waals surface area contributed by atoms with Gasteiger partial charge in [0.15, 0.2) is 6.10 Å². The highest BCUT2D eigenvalue weighted by atomic mass is 19.4. The van der Waals surface area contributed by atoms with Crippen LogP contribution in [0.25, 0.3) is 0 Å². The molecule has 7 nitrogen and oxygen atoms in total. The number of hydrogen-bond acceptors (Lipinski definition) is 5. The van der Waals surface area contributed by atoms with Gasteiger partial charge in [-0.05, 0) is 43.0 Å². The second-order valence-corrected chi connectivity index (χ2v) is 8.42. The van der Waals surface area contributed by atoms with Crippen molar-refractivity contribution in [3.63, 3.8) is 0 Å². The fourth-order valence-corrected chi connectivity index (χ4v) is 4.59. The van der Waals surface area contributed by atoms with Gasteiger partial charge < -0.3 is 30.5 Å². The molecule has 2 aromatic rings. The molecule has 3 atom stereocenters. The zero-order chi connectivity index (χ0) is 24.6. The monoisotopic (exact) mass is 483 g/mol. The van der Waals surface area contributed by atoms with E-state index in [2.05, 4.69) is 10.6 Å². The van der Waals surface area contributed by atoms with Crippen LogP contribution in [-0.2, 0) is 6.42 Å². The number of fused-ring (bicyclic) bond motifs is 1. The molecule has 0 radical (unpaired) electrons. The van der Waals surface area contributed by atoms with Crippen LogP contribution < -0.4 is 20.3 Å². The van der Waals surface area contributed by atoms with Crippen LogP contribution in [0.4, 0.5) is 33.7 Å². The van der Waals surface area contributed by atoms with Gasteiger partial charge in [0.1, 0.15) is 17.7 Å². The lowest BCUT2D eigenvalue weighted by molar-refractivity contribution is -0.207. The maximum Gasteiger partial charge on any atom is 0.418 e. The number of aliphatic hydroxyl groups excluding tert-OH is 2. The van der Waals surface area contributed by atoms with E-state index in [1.807, 2.05) is 4.90 Å². The first-order valence-electron chi connectivity index (χ1n) is 10.8. The molecule has 3 unspecified atom stereocenters. The summed E-state index contributed by atoms with van der Waals surface area (Å²) in [5.74, 6) is -0.912. The summed E-state index contributed by atoms with van der Waals surface area (Å²) in [7, 11) is 1.14. The third-order valence-corrected chi connectivity index (χ3v) is 6.21. The first-order valence-corrected chi connectivity index (χ1v) is 10.8. The van der Waals surface area contributed by atoms with Gasteiger partial charge in [-0.2, -0.15) is 13.2 Å². The highest BCUT2D eigenvalue weighted by Gasteiger charge is 2.42. The molecule has 4 N–H and O–H groups in total. The Labute approximate surface area is 193 Å². The highest BCUT2D eigenvalue weighted by Crippen LogP contribution is 2.43. The van der Waals surface area contributed by atoms with E-state index in [0.717, 1.165) is 20.0 Å². The molecule has 1 heterocycles. The fraction of sp³-hybridized carbons (Fsp3) is 0.435. The smallest absolute Gasteiger partial charge is 0.418 e. The van der Waals surface area contributed by atoms with Crippen LogP contribution in [0, 0.1) is 5.82 Å². The Hall–Kier alpha value is -3.05. The van der Waals surface area contributed by atoms with Crippen molar-refractivity contribution >= 4 is 17.4 Å². The highest BCUT2D eigenvalue weighted by molar-refractivity contribution is 5.92. The van der Waals surface area contributed by atoms with Crippen LogP contribution in [0.15, 0.2) is 30.3 Å². The van der Waals surface area contributed by atoms with Crippen LogP contribution in [0.3, 0.4) is 0 Å². The normalized spacial score (nSPS) is 20.7. The first-order chi connectivity index (χ1) is 16.1. The van der Waals surface area contributed by atoms with E-state index in [1.54, 1.807) is 6.07 Å². The zero-order valence-electron chi connectivity index (χ0n) is 18.3. The summed E-state index contributed by atoms with van der Waals surface area (Å²) in [6, 6.07) is 5.41. The van der Waals surface area contributed by atoms with Crippen molar-refractivity contribution in [2.45, 2.75) is 43.7 Å². The number of methoxy groups -OCH3 is 1. The van der Waals surface area contributed by atoms with Crippen LogP contribution in [0.2, 0.25) is 0 Å². The summed E-state index contributed by atoms with van der Waals surface area (Å²) in [5.41, 5.74) is 0.477. The Kier molecular flexibility index (Phi) is 6.59. The third-order valence-electron chi connectivity index (χ3n) is 6.21. The molecule has 1 fully saturated rings. The largest absolute Gasteiger partial charge is 0.494 e. The Morgan fingerprint density at radius 1 is 1.24 bits per heavy atom. The summed E-state index contributed by atoms with van der Waals surface area (Å²) in [5, 5.41) is 25.5. The SMILES string of the molecule is COc1c(NC(=O)NC2Cc3cccc(F)c3C2O)cc(N2CCCC2)cc1C(O)C(F)(F)F. The standard InChI is InChI=1S/C23H25F4N3O4/c1-34-20-14(21(32)23(25,26)27)10-13(30-7-2-3-8-30)11-17(20)29-22(33)28-16-9-12-5-4-6-15(24)18(12)19(16)31/h4-6,10-11,16,19,21,31-32H,2-3,7-9H2,1H3,(H2,28,29,33). The number of rotatable bonds is 5. The van der Waals surface area contributed by atoms with Crippen molar-refractivity contribution < 1.29 is 37.3 Å². The molecule has 0 bridgehead atoms. The Morgan fingerprint density at radius 2 is 1.94 bits per heavy atom. The van der Waals surface area contributed by atoms with Crippen molar-refractivity contribution in [1.29, 1.82) is 0 Å². The lowest BCUT2D eigenvalue weighted by Crippen LogP contribution is -2.40. The molecule has 1 aliphatic carbocycles. The van der Waals surface area contributed by atoms with Crippen LogP contribution in [0.1, 0.15) is 41.7 Å². The number of nitrogens with zero attached hydrogens (tertiary/aromatic N) is 1. The molecule has 2 aliphatic rings. The van der Waals surface area contributed by atoms with Gasteiger partial charge in [0.05, 0.1) is 18.8 Å². The molecule has 184 valence electrons. The number of anilines is 2. The molecule has 1 aliphatic heterocycles. The zero-order valence-corrected chi connectivity index (χ0v) is 18.3. The second-order valence-electron chi connectivity index (χ2n) is 8.42. The number of halogens is 4. The van der Waals surface area contributed by atoms with Crippen molar-refractivity contribution in [3.8, 4) is 5.75 Å². The molecule has 4 rings (SSSR count). The molecular weight excluding hydrogens is 458 g/mol. The Morgan fingerprint density at radius 3 is 2.56 bits per heavy atom. The minimum atomic E-state index is -4.94. The summed E-state index contributed by atoms with van der Waals surface area (Å²) in [6.07, 6.45) is -7.12. The first kappa shape index (κ1) is 24.1. The number of ether oxygens (including phenoxy) is 1. The van der Waals surface area contributed by atoms with E-state index in [-0.39, 0.29) is 23.4 Å². The Balaban J connectivity index is 1.61. The average Bonchev–Trinajstić information content (AvgIpc) is 3.41. The van der Waals surface area contributed by atoms with Crippen molar-refractivity contribution in [2.75, 3.05) is 30.4 Å². The van der Waals surface area contributed by atoms with Gasteiger partial charge in [-0.15, -0.1) is 0 Å². The molecule has 1 saturated heterocycles. The summed E-state index contributed by atoms with van der Waals surface area (Å²) < 4.78 is 59.3. The minimum absolute atomic E-state index is 0.0705. The van der Waals surface area contributed by atoms with Gasteiger partial charge in [-0.1, -0.05) is 12.1 Å². The fourth-order valence-electron chi connectivity index (χ4n) is 4.59. The van der Waals surface area contributed by atoms with E-state index >= 15 is 0 Å². The molecule has 34 heavy (non-hydrogen) atoms. The number of aliphatic hydroxyl groups is 2. The van der Waals surface area contributed by atoms with Crippen molar-refractivity contribution in [1.82, 2.24) is 5.32 Å². The van der Waals surface area contributed by atoms with Crippen LogP contribution in [-0.4, -0.2) is 48.7 Å². The molecule has 0 aromatic heterocycles. The number of benzene rings is 2. The number of amides is 2. The molecule has 2 amide bonds. The lowest BCUT2D eigenvalue weighted by Gasteiger charge is -2.25. The van der Waals surface area contributed by atoms with Crippen LogP contribution in [0.5, 0.6) is 5.75 Å². The number of alkyl halides is 3. The van der Waals surface area contributed by atoms with Crippen molar-refractivity contribution in [3.05, 3.63) is 52.8 Å².